The van der Waals surface area contributed by atoms with E-state index in [1.54, 1.807) is 12.1 Å². The van der Waals surface area contributed by atoms with Crippen LogP contribution in [0.15, 0.2) is 61.1 Å². The predicted molar refractivity (Wildman–Crippen MR) is 218 cm³/mol. The molecule has 59 heavy (non-hydrogen) atoms. The Morgan fingerprint density at radius 2 is 1.71 bits per heavy atom. The van der Waals surface area contributed by atoms with Crippen LogP contribution in [0.4, 0.5) is 11.5 Å². The van der Waals surface area contributed by atoms with Crippen LogP contribution in [0.5, 0.6) is 0 Å². The van der Waals surface area contributed by atoms with Crippen LogP contribution in [0.25, 0.3) is 11.0 Å². The van der Waals surface area contributed by atoms with Crippen LogP contribution in [0.2, 0.25) is 5.02 Å². The number of piperazine rings is 1. The number of benzene rings is 2. The van der Waals surface area contributed by atoms with Crippen LogP contribution in [0.3, 0.4) is 0 Å². The number of aromatic amines is 1. The number of piperidine rings is 2. The fraction of sp³-hybridized carbons (Fsp3) is 0.415. The molecule has 2 aromatic heterocycles. The number of fused-ring (bicyclic) bond motifs is 2. The van der Waals surface area contributed by atoms with E-state index in [4.69, 9.17) is 17.3 Å². The van der Waals surface area contributed by atoms with Crippen LogP contribution in [0.1, 0.15) is 70.8 Å². The number of H-pyrrole nitrogens is 1. The minimum Gasteiger partial charge on any atom is -0.384 e. The molecule has 308 valence electrons. The predicted octanol–water partition coefficient (Wildman–Crippen LogP) is 2.20. The highest BCUT2D eigenvalue weighted by Crippen LogP contribution is 2.33. The summed E-state index contributed by atoms with van der Waals surface area (Å²) in [6.45, 7) is 4.46. The smallest absolute Gasteiger partial charge is 0.264 e. The van der Waals surface area contributed by atoms with Crippen molar-refractivity contribution in [3.63, 3.8) is 0 Å². The van der Waals surface area contributed by atoms with Crippen molar-refractivity contribution in [2.75, 3.05) is 62.6 Å². The second-order valence-electron chi connectivity index (χ2n) is 15.5. The van der Waals surface area contributed by atoms with Gasteiger partial charge >= 0.3 is 0 Å². The Morgan fingerprint density at radius 3 is 2.46 bits per heavy atom. The van der Waals surface area contributed by atoms with Gasteiger partial charge in [-0.15, -0.1) is 0 Å². The number of hydrogen-bond acceptors (Lipinski definition) is 12. The summed E-state index contributed by atoms with van der Waals surface area (Å²) in [6, 6.07) is 12.9. The summed E-state index contributed by atoms with van der Waals surface area (Å²) < 4.78 is 0. The standard InChI is InChI=1S/C41H46ClN11O6/c42-26-6-4-25(5-7-26)29(48-40(59)41(43)13-18-52(19-14-41)36-28-10-15-45-35(28)46-24-47-36)12-17-50-20-22-51(23-21-50)33(55)11-16-44-30-3-1-2-27-34(30)39(58)53(38(27)57)31-8-9-32(54)49-37(31)56/h1-7,10,15,24,29,31,44H,8-9,11-14,16-23,43H2,(H,48,59)(H,45,46,47)(H,49,54,56). The molecule has 4 aromatic rings. The number of rotatable bonds is 12. The van der Waals surface area contributed by atoms with Crippen LogP contribution in [-0.4, -0.2) is 129 Å². The normalized spacial score (nSPS) is 20.1. The zero-order valence-corrected chi connectivity index (χ0v) is 33.2. The monoisotopic (exact) mass is 823 g/mol. The molecule has 0 radical (unpaired) electrons. The maximum Gasteiger partial charge on any atom is 0.264 e. The van der Waals surface area contributed by atoms with E-state index in [-0.39, 0.29) is 54.8 Å². The van der Waals surface area contributed by atoms with E-state index in [0.717, 1.165) is 27.3 Å². The zero-order chi connectivity index (χ0) is 41.3. The van der Waals surface area contributed by atoms with Gasteiger partial charge in [0.1, 0.15) is 23.8 Å². The molecule has 3 fully saturated rings. The van der Waals surface area contributed by atoms with Gasteiger partial charge in [-0.1, -0.05) is 29.8 Å². The van der Waals surface area contributed by atoms with Crippen molar-refractivity contribution in [1.29, 1.82) is 0 Å². The molecule has 0 saturated carbocycles. The number of carbonyl (C=O) groups is 6. The van der Waals surface area contributed by atoms with Crippen molar-refractivity contribution >= 4 is 69.6 Å². The highest BCUT2D eigenvalue weighted by Gasteiger charge is 2.46. The summed E-state index contributed by atoms with van der Waals surface area (Å²) >= 11 is 6.22. The van der Waals surface area contributed by atoms with Crippen molar-refractivity contribution in [1.82, 2.24) is 40.3 Å². The van der Waals surface area contributed by atoms with Gasteiger partial charge in [-0.2, -0.15) is 0 Å². The molecular weight excluding hydrogens is 778 g/mol. The molecule has 0 aliphatic carbocycles. The molecule has 6 amide bonds. The molecular formula is C41H46ClN11O6. The Hall–Kier alpha value is -5.91. The second kappa shape index (κ2) is 16.8. The Bertz CT molecular complexity index is 2280. The maximum absolute atomic E-state index is 13.9. The van der Waals surface area contributed by atoms with Gasteiger partial charge < -0.3 is 31.2 Å². The third-order valence-corrected chi connectivity index (χ3v) is 12.2. The molecule has 2 unspecified atom stereocenters. The van der Waals surface area contributed by atoms with Crippen molar-refractivity contribution in [3.8, 4) is 0 Å². The fourth-order valence-electron chi connectivity index (χ4n) is 8.43. The van der Waals surface area contributed by atoms with Crippen molar-refractivity contribution in [3.05, 3.63) is 82.8 Å². The number of halogens is 1. The second-order valence-corrected chi connectivity index (χ2v) is 16.0. The molecule has 18 heteroatoms. The van der Waals surface area contributed by atoms with Gasteiger partial charge in [-0.3, -0.25) is 43.9 Å². The molecule has 4 aliphatic heterocycles. The molecule has 6 N–H and O–H groups in total. The van der Waals surface area contributed by atoms with Crippen molar-refractivity contribution in [2.45, 2.75) is 56.1 Å². The number of anilines is 2. The number of carbonyl (C=O) groups excluding carboxylic acids is 6. The highest BCUT2D eigenvalue weighted by molar-refractivity contribution is 6.30. The average molecular weight is 824 g/mol. The topological polar surface area (TPSA) is 219 Å². The Morgan fingerprint density at radius 1 is 0.949 bits per heavy atom. The molecule has 8 rings (SSSR count). The van der Waals surface area contributed by atoms with Crippen molar-refractivity contribution < 1.29 is 28.8 Å². The number of nitrogens with one attached hydrogen (secondary N) is 4. The molecule has 2 aromatic carbocycles. The van der Waals surface area contributed by atoms with Crippen LogP contribution >= 0.6 is 11.6 Å². The minimum atomic E-state index is -1.06. The van der Waals surface area contributed by atoms with Gasteiger partial charge in [0.2, 0.25) is 23.6 Å². The first-order chi connectivity index (χ1) is 28.5. The number of imide groups is 2. The lowest BCUT2D eigenvalue weighted by Gasteiger charge is -2.39. The van der Waals surface area contributed by atoms with Gasteiger partial charge in [0, 0.05) is 82.1 Å². The first kappa shape index (κ1) is 39.9. The van der Waals surface area contributed by atoms with Gasteiger partial charge in [0.25, 0.3) is 11.8 Å². The van der Waals surface area contributed by atoms with E-state index in [0.29, 0.717) is 75.8 Å². The van der Waals surface area contributed by atoms with Gasteiger partial charge in [0.05, 0.1) is 28.1 Å². The summed E-state index contributed by atoms with van der Waals surface area (Å²) in [7, 11) is 0. The van der Waals surface area contributed by atoms with E-state index < -0.39 is 35.2 Å². The molecule has 2 atom stereocenters. The van der Waals surface area contributed by atoms with Crippen molar-refractivity contribution in [2.24, 2.45) is 5.73 Å². The lowest BCUT2D eigenvalue weighted by atomic mass is 9.87. The van der Waals surface area contributed by atoms with E-state index in [1.165, 1.54) is 12.4 Å². The lowest BCUT2D eigenvalue weighted by Crippen LogP contribution is -2.60. The van der Waals surface area contributed by atoms with Crippen LogP contribution in [0, 0.1) is 0 Å². The van der Waals surface area contributed by atoms with E-state index in [9.17, 15) is 28.8 Å². The Balaban J connectivity index is 0.819. The Kier molecular flexibility index (Phi) is 11.3. The SMILES string of the molecule is NC1(C(=O)NC(CCN2CCN(C(=O)CCNc3cccc4c3C(=O)N(C3CCC(=O)NC3=O)C4=O)CC2)c2ccc(Cl)cc2)CCN(c2ncnc3[nH]ccc23)CC1. The van der Waals surface area contributed by atoms with Crippen LogP contribution < -0.4 is 26.6 Å². The molecule has 4 aliphatic rings. The van der Waals surface area contributed by atoms with E-state index in [2.05, 4.69) is 40.7 Å². The largest absolute Gasteiger partial charge is 0.384 e. The highest BCUT2D eigenvalue weighted by atomic mass is 35.5. The number of aromatic nitrogens is 3. The van der Waals surface area contributed by atoms with Gasteiger partial charge in [0.15, 0.2) is 0 Å². The number of amides is 6. The minimum absolute atomic E-state index is 0.0354. The molecule has 6 heterocycles. The summed E-state index contributed by atoms with van der Waals surface area (Å²) in [5.74, 6) is -1.72. The first-order valence-electron chi connectivity index (χ1n) is 20.0. The summed E-state index contributed by atoms with van der Waals surface area (Å²) in [4.78, 5) is 97.0. The number of nitrogens with two attached hydrogens (primary N) is 1. The quantitative estimate of drug-likeness (QED) is 0.130. The summed E-state index contributed by atoms with van der Waals surface area (Å²) in [5.41, 5.74) is 8.19. The molecule has 3 saturated heterocycles. The number of hydrogen-bond donors (Lipinski definition) is 5. The molecule has 17 nitrogen and oxygen atoms in total. The third-order valence-electron chi connectivity index (χ3n) is 11.9. The van der Waals surface area contributed by atoms with Gasteiger partial charge in [-0.05, 0) is 61.6 Å². The summed E-state index contributed by atoms with van der Waals surface area (Å²) in [6.07, 6.45) is 5.19. The lowest BCUT2D eigenvalue weighted by molar-refractivity contribution is -0.136. The Labute approximate surface area is 345 Å². The maximum atomic E-state index is 13.9. The fourth-order valence-corrected chi connectivity index (χ4v) is 8.56. The molecule has 0 bridgehead atoms. The van der Waals surface area contributed by atoms with E-state index in [1.807, 2.05) is 41.4 Å². The summed E-state index contributed by atoms with van der Waals surface area (Å²) in [5, 5.41) is 10.2. The third kappa shape index (κ3) is 8.22. The van der Waals surface area contributed by atoms with Gasteiger partial charge in [-0.25, -0.2) is 9.97 Å². The zero-order valence-electron chi connectivity index (χ0n) is 32.4. The average Bonchev–Trinajstić information content (AvgIpc) is 3.82. The first-order valence-corrected chi connectivity index (χ1v) is 20.3. The molecule has 0 spiro atoms. The number of nitrogens with zero attached hydrogens (tertiary/aromatic N) is 6. The van der Waals surface area contributed by atoms with Crippen LogP contribution in [-0.2, 0) is 19.2 Å². The van der Waals surface area contributed by atoms with E-state index >= 15 is 0 Å².